The highest BCUT2D eigenvalue weighted by Gasteiger charge is 2.23. The summed E-state index contributed by atoms with van der Waals surface area (Å²) in [5.74, 6) is -0.487. The summed E-state index contributed by atoms with van der Waals surface area (Å²) in [6.45, 7) is 7.09. The van der Waals surface area contributed by atoms with Crippen LogP contribution in [0.4, 0.5) is 10.5 Å². The van der Waals surface area contributed by atoms with Crippen LogP contribution in [0.25, 0.3) is 0 Å². The van der Waals surface area contributed by atoms with Crippen LogP contribution < -0.4 is 10.6 Å². The molecule has 7 heteroatoms. The lowest BCUT2D eigenvalue weighted by atomic mass is 9.86. The van der Waals surface area contributed by atoms with E-state index in [9.17, 15) is 14.4 Å². The van der Waals surface area contributed by atoms with Gasteiger partial charge in [-0.3, -0.25) is 10.1 Å². The summed E-state index contributed by atoms with van der Waals surface area (Å²) in [7, 11) is 0. The fourth-order valence-electron chi connectivity index (χ4n) is 3.14. The molecule has 0 radical (unpaired) electrons. The first-order chi connectivity index (χ1) is 13.1. The van der Waals surface area contributed by atoms with Gasteiger partial charge < -0.3 is 14.8 Å². The van der Waals surface area contributed by atoms with Crippen molar-refractivity contribution >= 4 is 23.7 Å². The molecule has 7 nitrogen and oxygen atoms in total. The minimum absolute atomic E-state index is 0.140. The molecule has 154 valence electrons. The molecule has 1 aromatic rings. The van der Waals surface area contributed by atoms with Gasteiger partial charge in [0.25, 0.3) is 5.91 Å². The highest BCUT2D eigenvalue weighted by molar-refractivity contribution is 5.93. The zero-order chi connectivity index (χ0) is 20.7. The first-order valence-corrected chi connectivity index (χ1v) is 9.70. The molecular weight excluding hydrogens is 360 g/mol. The summed E-state index contributed by atoms with van der Waals surface area (Å²) >= 11 is 0. The van der Waals surface area contributed by atoms with Crippen molar-refractivity contribution in [3.63, 3.8) is 0 Å². The molecule has 0 heterocycles. The molecule has 0 unspecified atom stereocenters. The SMILES string of the molecule is C[C@@H]1CCCC[C@@H]1NC(=O)COC(=O)c1cccc(NC(=O)OC(C)(C)C)c1. The Morgan fingerprint density at radius 1 is 1.14 bits per heavy atom. The highest BCUT2D eigenvalue weighted by atomic mass is 16.6. The highest BCUT2D eigenvalue weighted by Crippen LogP contribution is 2.23. The molecule has 1 saturated carbocycles. The first kappa shape index (κ1) is 21.7. The smallest absolute Gasteiger partial charge is 0.412 e. The van der Waals surface area contributed by atoms with Crippen molar-refractivity contribution in [3.8, 4) is 0 Å². The zero-order valence-electron chi connectivity index (χ0n) is 17.0. The van der Waals surface area contributed by atoms with Crippen molar-refractivity contribution in [3.05, 3.63) is 29.8 Å². The minimum Gasteiger partial charge on any atom is -0.452 e. The van der Waals surface area contributed by atoms with E-state index in [2.05, 4.69) is 17.6 Å². The third kappa shape index (κ3) is 7.21. The van der Waals surface area contributed by atoms with Crippen LogP contribution in [0.1, 0.15) is 63.7 Å². The molecule has 1 fully saturated rings. The largest absolute Gasteiger partial charge is 0.452 e. The van der Waals surface area contributed by atoms with E-state index in [-0.39, 0.29) is 24.1 Å². The quantitative estimate of drug-likeness (QED) is 0.744. The maximum absolute atomic E-state index is 12.2. The molecule has 0 aromatic heterocycles. The van der Waals surface area contributed by atoms with Crippen LogP contribution in [-0.2, 0) is 14.3 Å². The van der Waals surface area contributed by atoms with Gasteiger partial charge in [-0.15, -0.1) is 0 Å². The number of anilines is 1. The Bertz CT molecular complexity index is 711. The van der Waals surface area contributed by atoms with Gasteiger partial charge in [0, 0.05) is 11.7 Å². The molecule has 1 aromatic carbocycles. The zero-order valence-corrected chi connectivity index (χ0v) is 17.0. The Morgan fingerprint density at radius 3 is 2.54 bits per heavy atom. The number of rotatable bonds is 5. The van der Waals surface area contributed by atoms with Gasteiger partial charge in [-0.1, -0.05) is 25.8 Å². The van der Waals surface area contributed by atoms with Crippen molar-refractivity contribution in [2.45, 2.75) is 65.0 Å². The van der Waals surface area contributed by atoms with Gasteiger partial charge >= 0.3 is 12.1 Å². The molecule has 2 rings (SSSR count). The molecule has 1 aliphatic rings. The topological polar surface area (TPSA) is 93.7 Å². The number of carbonyl (C=O) groups excluding carboxylic acids is 3. The van der Waals surface area contributed by atoms with Gasteiger partial charge in [-0.25, -0.2) is 9.59 Å². The summed E-state index contributed by atoms with van der Waals surface area (Å²) in [5, 5.41) is 5.51. The van der Waals surface area contributed by atoms with Crippen molar-refractivity contribution in [1.29, 1.82) is 0 Å². The van der Waals surface area contributed by atoms with E-state index >= 15 is 0 Å². The predicted octanol–water partition coefficient (Wildman–Crippen LogP) is 3.89. The number of hydrogen-bond donors (Lipinski definition) is 2. The Labute approximate surface area is 166 Å². The monoisotopic (exact) mass is 390 g/mol. The maximum Gasteiger partial charge on any atom is 0.412 e. The summed E-state index contributed by atoms with van der Waals surface area (Å²) in [6.07, 6.45) is 3.74. The van der Waals surface area contributed by atoms with Crippen molar-refractivity contribution in [1.82, 2.24) is 5.32 Å². The lowest BCUT2D eigenvalue weighted by Crippen LogP contribution is -2.42. The number of nitrogens with one attached hydrogen (secondary N) is 2. The predicted molar refractivity (Wildman–Crippen MR) is 106 cm³/mol. The first-order valence-electron chi connectivity index (χ1n) is 9.70. The van der Waals surface area contributed by atoms with E-state index < -0.39 is 17.7 Å². The molecular formula is C21H30N2O5. The standard InChI is InChI=1S/C21H30N2O5/c1-14-8-5-6-11-17(14)23-18(24)13-27-19(25)15-9-7-10-16(12-15)22-20(26)28-21(2,3)4/h7,9-10,12,14,17H,5-6,8,11,13H2,1-4H3,(H,22,26)(H,23,24)/t14-,17+/m1/s1. The lowest BCUT2D eigenvalue weighted by Gasteiger charge is -2.29. The van der Waals surface area contributed by atoms with Crippen LogP contribution >= 0.6 is 0 Å². The van der Waals surface area contributed by atoms with Crippen LogP contribution in [0.5, 0.6) is 0 Å². The lowest BCUT2D eigenvalue weighted by molar-refractivity contribution is -0.125. The average molecular weight is 390 g/mol. The van der Waals surface area contributed by atoms with Crippen LogP contribution in [0, 0.1) is 5.92 Å². The van der Waals surface area contributed by atoms with E-state index in [1.54, 1.807) is 39.0 Å². The van der Waals surface area contributed by atoms with Gasteiger partial charge in [0.05, 0.1) is 5.56 Å². The van der Waals surface area contributed by atoms with E-state index in [1.807, 2.05) is 0 Å². The molecule has 0 spiro atoms. The number of carbonyl (C=O) groups is 3. The van der Waals surface area contributed by atoms with Crippen molar-refractivity contribution in [2.24, 2.45) is 5.92 Å². The second kappa shape index (κ2) is 9.57. The average Bonchev–Trinajstić information content (AvgIpc) is 2.60. The van der Waals surface area contributed by atoms with Crippen LogP contribution in [-0.4, -0.2) is 36.2 Å². The summed E-state index contributed by atoms with van der Waals surface area (Å²) < 4.78 is 10.3. The summed E-state index contributed by atoms with van der Waals surface area (Å²) in [6, 6.07) is 6.43. The van der Waals surface area contributed by atoms with Gasteiger partial charge in [-0.2, -0.15) is 0 Å². The maximum atomic E-state index is 12.2. The molecule has 1 aliphatic carbocycles. The number of esters is 1. The third-order valence-corrected chi connectivity index (χ3v) is 4.54. The van der Waals surface area contributed by atoms with Crippen LogP contribution in [0.3, 0.4) is 0 Å². The molecule has 0 saturated heterocycles. The van der Waals surface area contributed by atoms with Crippen molar-refractivity contribution in [2.75, 3.05) is 11.9 Å². The number of amides is 2. The second-order valence-corrected chi connectivity index (χ2v) is 8.22. The third-order valence-electron chi connectivity index (χ3n) is 4.54. The second-order valence-electron chi connectivity index (χ2n) is 8.22. The molecule has 2 N–H and O–H groups in total. The normalized spacial score (nSPS) is 19.4. The fraction of sp³-hybridized carbons (Fsp3) is 0.571. The Kier molecular flexibility index (Phi) is 7.43. The van der Waals surface area contributed by atoms with Crippen molar-refractivity contribution < 1.29 is 23.9 Å². The van der Waals surface area contributed by atoms with Gasteiger partial charge in [0.1, 0.15) is 5.60 Å². The fourth-order valence-corrected chi connectivity index (χ4v) is 3.14. The number of hydrogen-bond acceptors (Lipinski definition) is 5. The number of benzene rings is 1. The van der Waals surface area contributed by atoms with E-state index in [4.69, 9.17) is 9.47 Å². The van der Waals surface area contributed by atoms with Gasteiger partial charge in [0.2, 0.25) is 0 Å². The Hall–Kier alpha value is -2.57. The Morgan fingerprint density at radius 2 is 1.86 bits per heavy atom. The molecule has 0 aliphatic heterocycles. The van der Waals surface area contributed by atoms with Crippen LogP contribution in [0.2, 0.25) is 0 Å². The summed E-state index contributed by atoms with van der Waals surface area (Å²) in [4.78, 5) is 36.1. The molecule has 0 bridgehead atoms. The molecule has 2 atom stereocenters. The summed E-state index contributed by atoms with van der Waals surface area (Å²) in [5.41, 5.74) is 0.0284. The van der Waals surface area contributed by atoms with E-state index in [0.717, 1.165) is 19.3 Å². The number of ether oxygens (including phenoxy) is 2. The Balaban J connectivity index is 1.85. The van der Waals surface area contributed by atoms with E-state index in [1.165, 1.54) is 12.5 Å². The van der Waals surface area contributed by atoms with Gasteiger partial charge in [0.15, 0.2) is 6.61 Å². The molecule has 28 heavy (non-hydrogen) atoms. The minimum atomic E-state index is -0.625. The molecule has 2 amide bonds. The van der Waals surface area contributed by atoms with Gasteiger partial charge in [-0.05, 0) is 57.7 Å². The van der Waals surface area contributed by atoms with E-state index in [0.29, 0.717) is 11.6 Å². The van der Waals surface area contributed by atoms with Crippen LogP contribution in [0.15, 0.2) is 24.3 Å².